The molecule has 0 spiro atoms. The van der Waals surface area contributed by atoms with E-state index in [1.165, 1.54) is 0 Å². The van der Waals surface area contributed by atoms with Crippen LogP contribution in [-0.2, 0) is 33.3 Å². The molecule has 0 aromatic heterocycles. The van der Waals surface area contributed by atoms with E-state index in [-0.39, 0.29) is 48.0 Å². The summed E-state index contributed by atoms with van der Waals surface area (Å²) in [5.74, 6) is 2.00. The van der Waals surface area contributed by atoms with Gasteiger partial charge in [-0.25, -0.2) is 9.59 Å². The Labute approximate surface area is 298 Å². The van der Waals surface area contributed by atoms with E-state index in [1.54, 1.807) is 0 Å². The molecule has 15 nitrogen and oxygen atoms in total. The lowest BCUT2D eigenvalue weighted by Gasteiger charge is -2.16. The molecule has 6 atom stereocenters. The second-order valence-corrected chi connectivity index (χ2v) is 15.0. The number of carbonyl (C=O) groups is 4. The molecule has 280 valence electrons. The van der Waals surface area contributed by atoms with Crippen LogP contribution in [0.5, 0.6) is 0 Å². The fourth-order valence-electron chi connectivity index (χ4n) is 6.23. The molecule has 0 saturated carbocycles. The van der Waals surface area contributed by atoms with Crippen molar-refractivity contribution in [3.63, 3.8) is 0 Å². The fraction of sp³-hybridized carbons (Fsp3) is 0.875. The number of nitrogens with one attached hydrogen (secondary N) is 6. The zero-order valence-corrected chi connectivity index (χ0v) is 30.1. The molecule has 6 amide bonds. The number of thioether (sulfide) groups is 2. The number of amides is 6. The van der Waals surface area contributed by atoms with Gasteiger partial charge in [0, 0.05) is 47.9 Å². The largest absolute Gasteiger partial charge is 0.377 e. The first-order valence-corrected chi connectivity index (χ1v) is 19.9. The van der Waals surface area contributed by atoms with E-state index < -0.39 is 0 Å². The van der Waals surface area contributed by atoms with E-state index in [4.69, 9.17) is 23.7 Å². The average Bonchev–Trinajstić information content (AvgIpc) is 3.84. The summed E-state index contributed by atoms with van der Waals surface area (Å²) in [5, 5.41) is 18.6. The number of unbranched alkanes of at least 4 members (excludes halogenated alkanes) is 2. The maximum Gasteiger partial charge on any atom is 0.315 e. The van der Waals surface area contributed by atoms with Crippen LogP contribution in [0.25, 0.3) is 0 Å². The van der Waals surface area contributed by atoms with Gasteiger partial charge in [-0.2, -0.15) is 23.5 Å². The van der Waals surface area contributed by atoms with Crippen LogP contribution in [0.1, 0.15) is 51.4 Å². The van der Waals surface area contributed by atoms with Crippen molar-refractivity contribution in [1.82, 2.24) is 31.9 Å². The van der Waals surface area contributed by atoms with Crippen molar-refractivity contribution in [3.8, 4) is 0 Å². The highest BCUT2D eigenvalue weighted by Crippen LogP contribution is 2.34. The van der Waals surface area contributed by atoms with E-state index in [9.17, 15) is 19.2 Å². The van der Waals surface area contributed by atoms with Crippen LogP contribution in [-0.4, -0.2) is 149 Å². The minimum Gasteiger partial charge on any atom is -0.377 e. The van der Waals surface area contributed by atoms with Crippen LogP contribution in [0.3, 0.4) is 0 Å². The average molecular weight is 733 g/mol. The molecule has 0 bridgehead atoms. The summed E-state index contributed by atoms with van der Waals surface area (Å²) in [6, 6.07) is 0.805. The molecule has 49 heavy (non-hydrogen) atoms. The number of carbonyl (C=O) groups excluding carboxylic acids is 4. The maximum atomic E-state index is 12.0. The van der Waals surface area contributed by atoms with Gasteiger partial charge in [-0.05, 0) is 25.7 Å². The zero-order chi connectivity index (χ0) is 34.5. The second-order valence-electron chi connectivity index (χ2n) is 12.5. The Balaban J connectivity index is 0.794. The summed E-state index contributed by atoms with van der Waals surface area (Å²) < 4.78 is 27.5. The lowest BCUT2D eigenvalue weighted by molar-refractivity contribution is -0.122. The van der Waals surface area contributed by atoms with Crippen molar-refractivity contribution >= 4 is 47.4 Å². The predicted molar refractivity (Wildman–Crippen MR) is 188 cm³/mol. The standard InChI is InChI=1S/C32H56N6O9S2/c39-27(7-3-1-5-25-29-23(21-48-25)35-31(41)37-29)33-9-11-43-13-15-45-17-19-47-20-18-46-16-14-44-12-10-34-28(40)8-4-2-6-26-30-24(22-49-26)36-32(42)38-30/h23-26,29-30H,1-22H2,(H,33,39)(H,34,40)(H2,35,37,41)(H2,36,38,42)/t23-,24-,25-,26+,29+,30-/m1/s1. The number of hydrogen-bond acceptors (Lipinski definition) is 11. The number of rotatable bonds is 28. The normalized spacial score (nSPS) is 25.3. The topological polar surface area (TPSA) is 187 Å². The van der Waals surface area contributed by atoms with Crippen molar-refractivity contribution in [1.29, 1.82) is 0 Å². The second kappa shape index (κ2) is 23.5. The maximum absolute atomic E-state index is 12.0. The van der Waals surface area contributed by atoms with Gasteiger partial charge in [0.25, 0.3) is 0 Å². The Morgan fingerprint density at radius 3 is 1.31 bits per heavy atom. The van der Waals surface area contributed by atoms with Crippen molar-refractivity contribution in [2.75, 3.05) is 90.7 Å². The third kappa shape index (κ3) is 15.4. The van der Waals surface area contributed by atoms with Gasteiger partial charge < -0.3 is 55.6 Å². The highest BCUT2D eigenvalue weighted by molar-refractivity contribution is 8.00. The van der Waals surface area contributed by atoms with Gasteiger partial charge >= 0.3 is 12.1 Å². The molecule has 0 unspecified atom stereocenters. The number of ether oxygens (including phenoxy) is 5. The summed E-state index contributed by atoms with van der Waals surface area (Å²) in [6.07, 6.45) is 6.65. The summed E-state index contributed by atoms with van der Waals surface area (Å²) in [5.41, 5.74) is 0. The van der Waals surface area contributed by atoms with Crippen LogP contribution < -0.4 is 31.9 Å². The van der Waals surface area contributed by atoms with E-state index >= 15 is 0 Å². The first kappa shape index (κ1) is 39.8. The summed E-state index contributed by atoms with van der Waals surface area (Å²) in [7, 11) is 0. The molecule has 4 aliphatic rings. The number of fused-ring (bicyclic) bond motifs is 2. The third-order valence-corrected chi connectivity index (χ3v) is 11.8. The van der Waals surface area contributed by atoms with Crippen molar-refractivity contribution < 1.29 is 42.9 Å². The molecular formula is C32H56N6O9S2. The van der Waals surface area contributed by atoms with Crippen molar-refractivity contribution in [2.24, 2.45) is 0 Å². The monoisotopic (exact) mass is 732 g/mol. The predicted octanol–water partition coefficient (Wildman–Crippen LogP) is 0.753. The van der Waals surface area contributed by atoms with Crippen molar-refractivity contribution in [3.05, 3.63) is 0 Å². The molecule has 4 saturated heterocycles. The molecule has 0 aliphatic carbocycles. The molecule has 0 radical (unpaired) electrons. The highest BCUT2D eigenvalue weighted by atomic mass is 32.2. The SMILES string of the molecule is O=C(CCCC[C@@H]1SC[C@H]2NC(=O)N[C@@H]12)NCCOCCOCCOCCOCCOCCNC(=O)CCCC[C@H]1SC[C@H]2NC(=O)N[C@@H]21. The Kier molecular flexibility index (Phi) is 19.0. The highest BCUT2D eigenvalue weighted by Gasteiger charge is 2.43. The smallest absolute Gasteiger partial charge is 0.315 e. The van der Waals surface area contributed by atoms with E-state index in [2.05, 4.69) is 31.9 Å². The Bertz CT molecular complexity index is 942. The fourth-order valence-corrected chi connectivity index (χ4v) is 9.32. The zero-order valence-electron chi connectivity index (χ0n) is 28.5. The third-order valence-electron chi connectivity index (χ3n) is 8.79. The molecule has 17 heteroatoms. The Morgan fingerprint density at radius 1 is 0.551 bits per heavy atom. The number of urea groups is 2. The summed E-state index contributed by atoms with van der Waals surface area (Å²) in [4.78, 5) is 47.0. The van der Waals surface area contributed by atoms with E-state index in [0.29, 0.717) is 102 Å². The van der Waals surface area contributed by atoms with Gasteiger partial charge in [0.2, 0.25) is 11.8 Å². The minimum absolute atomic E-state index is 0.0400. The Morgan fingerprint density at radius 2 is 0.918 bits per heavy atom. The lowest BCUT2D eigenvalue weighted by atomic mass is 10.0. The van der Waals surface area contributed by atoms with Crippen LogP contribution in [0.2, 0.25) is 0 Å². The van der Waals surface area contributed by atoms with Gasteiger partial charge in [0.15, 0.2) is 0 Å². The molecule has 0 aromatic rings. The molecule has 4 aliphatic heterocycles. The van der Waals surface area contributed by atoms with Crippen LogP contribution in [0.15, 0.2) is 0 Å². The van der Waals surface area contributed by atoms with Gasteiger partial charge in [0.1, 0.15) is 0 Å². The molecule has 4 rings (SSSR count). The van der Waals surface area contributed by atoms with Gasteiger partial charge in [0.05, 0.1) is 90.2 Å². The first-order chi connectivity index (χ1) is 24.0. The summed E-state index contributed by atoms with van der Waals surface area (Å²) in [6.45, 7) is 5.56. The quantitative estimate of drug-likeness (QED) is 0.0493. The molecule has 0 aromatic carbocycles. The molecule has 6 N–H and O–H groups in total. The van der Waals surface area contributed by atoms with E-state index in [0.717, 1.165) is 50.0 Å². The van der Waals surface area contributed by atoms with Crippen molar-refractivity contribution in [2.45, 2.75) is 86.0 Å². The first-order valence-electron chi connectivity index (χ1n) is 17.8. The minimum atomic E-state index is -0.0622. The number of hydrogen-bond donors (Lipinski definition) is 6. The lowest BCUT2D eigenvalue weighted by Crippen LogP contribution is -2.36. The van der Waals surface area contributed by atoms with Crippen LogP contribution >= 0.6 is 23.5 Å². The molecule has 4 fully saturated rings. The van der Waals surface area contributed by atoms with Gasteiger partial charge in [-0.1, -0.05) is 12.8 Å². The summed E-state index contributed by atoms with van der Waals surface area (Å²) >= 11 is 3.80. The van der Waals surface area contributed by atoms with Gasteiger partial charge in [-0.15, -0.1) is 0 Å². The van der Waals surface area contributed by atoms with Gasteiger partial charge in [-0.3, -0.25) is 9.59 Å². The molecular weight excluding hydrogens is 677 g/mol. The molecule has 4 heterocycles. The Hall–Kier alpha value is -2.02. The van der Waals surface area contributed by atoms with Crippen LogP contribution in [0, 0.1) is 0 Å². The van der Waals surface area contributed by atoms with Crippen LogP contribution in [0.4, 0.5) is 9.59 Å². The van der Waals surface area contributed by atoms with E-state index in [1.807, 2.05) is 23.5 Å².